The number of hydrogen-bond acceptors (Lipinski definition) is 5. The zero-order valence-corrected chi connectivity index (χ0v) is 17.1. The molecule has 2 aromatic carbocycles. The van der Waals surface area contributed by atoms with E-state index in [0.29, 0.717) is 5.56 Å². The highest BCUT2D eigenvalue weighted by atomic mass is 35.5. The Kier molecular flexibility index (Phi) is 7.57. The number of nitrogens with one attached hydrogen (secondary N) is 1. The van der Waals surface area contributed by atoms with Crippen molar-refractivity contribution in [1.29, 1.82) is 0 Å². The van der Waals surface area contributed by atoms with E-state index >= 15 is 0 Å². The quantitative estimate of drug-likeness (QED) is 0.374. The molecule has 0 bridgehead atoms. The van der Waals surface area contributed by atoms with Gasteiger partial charge in [0.25, 0.3) is 5.91 Å². The van der Waals surface area contributed by atoms with Crippen molar-refractivity contribution in [3.05, 3.63) is 57.0 Å². The van der Waals surface area contributed by atoms with E-state index in [-0.39, 0.29) is 32.3 Å². The Morgan fingerprint density at radius 2 is 1.79 bits per heavy atom. The first kappa shape index (κ1) is 21.9. The van der Waals surface area contributed by atoms with Gasteiger partial charge in [0.1, 0.15) is 0 Å². The predicted octanol–water partition coefficient (Wildman–Crippen LogP) is 4.94. The molecular formula is C19H16Cl3NO5. The molecule has 1 amide bonds. The minimum atomic E-state index is -1.09. The number of aromatic hydroxyl groups is 1. The molecule has 2 rings (SSSR count). The average molecular weight is 445 g/mol. The van der Waals surface area contributed by atoms with Crippen molar-refractivity contribution in [3.63, 3.8) is 0 Å². The molecule has 0 aliphatic heterocycles. The number of amides is 1. The molecule has 9 heteroatoms. The minimum Gasteiger partial charge on any atom is -0.504 e. The van der Waals surface area contributed by atoms with Crippen LogP contribution in [0.1, 0.15) is 12.5 Å². The second kappa shape index (κ2) is 9.68. The van der Waals surface area contributed by atoms with Crippen LogP contribution in [0.5, 0.6) is 11.5 Å². The zero-order chi connectivity index (χ0) is 20.8. The van der Waals surface area contributed by atoms with Gasteiger partial charge in [-0.1, -0.05) is 40.9 Å². The number of benzene rings is 2. The van der Waals surface area contributed by atoms with E-state index in [2.05, 4.69) is 5.32 Å². The zero-order valence-electron chi connectivity index (χ0n) is 14.8. The van der Waals surface area contributed by atoms with Crippen molar-refractivity contribution in [3.8, 4) is 11.5 Å². The molecule has 0 unspecified atom stereocenters. The first-order valence-electron chi connectivity index (χ1n) is 7.92. The normalized spacial score (nSPS) is 11.9. The molecule has 0 radical (unpaired) electrons. The number of ether oxygens (including phenoxy) is 2. The number of esters is 1. The summed E-state index contributed by atoms with van der Waals surface area (Å²) in [6.45, 7) is 1.41. The van der Waals surface area contributed by atoms with Crippen LogP contribution in [-0.2, 0) is 14.3 Å². The maximum Gasteiger partial charge on any atom is 0.331 e. The van der Waals surface area contributed by atoms with Crippen LogP contribution >= 0.6 is 34.8 Å². The fraction of sp³-hybridized carbons (Fsp3) is 0.158. The molecule has 2 aromatic rings. The van der Waals surface area contributed by atoms with Crippen LogP contribution in [0.15, 0.2) is 36.4 Å². The molecular weight excluding hydrogens is 429 g/mol. The molecule has 148 valence electrons. The number of phenolic OH excluding ortho intramolecular Hbond substituents is 1. The van der Waals surface area contributed by atoms with E-state index in [4.69, 9.17) is 44.3 Å². The number of carbonyl (C=O) groups is 2. The standard InChI is InChI=1S/C19H16Cl3NO5/c1-10(19(26)23-15-9-13(21)12(20)8-14(15)22)28-18(25)6-4-11-3-5-16(24)17(7-11)27-2/h3-10,24H,1-2H3,(H,23,26)/b6-4+/t10-/m0/s1. The molecule has 0 aliphatic rings. The highest BCUT2D eigenvalue weighted by molar-refractivity contribution is 6.44. The molecule has 0 aliphatic carbocycles. The van der Waals surface area contributed by atoms with Crippen molar-refractivity contribution >= 4 is 58.4 Å². The largest absolute Gasteiger partial charge is 0.504 e. The van der Waals surface area contributed by atoms with Crippen LogP contribution in [0.25, 0.3) is 6.08 Å². The number of rotatable bonds is 6. The summed E-state index contributed by atoms with van der Waals surface area (Å²) in [6.07, 6.45) is 1.53. The summed E-state index contributed by atoms with van der Waals surface area (Å²) >= 11 is 17.7. The van der Waals surface area contributed by atoms with E-state index in [0.717, 1.165) is 6.08 Å². The predicted molar refractivity (Wildman–Crippen MR) is 109 cm³/mol. The lowest BCUT2D eigenvalue weighted by molar-refractivity contribution is -0.148. The van der Waals surface area contributed by atoms with Crippen LogP contribution < -0.4 is 10.1 Å². The summed E-state index contributed by atoms with van der Waals surface area (Å²) in [7, 11) is 1.41. The number of halogens is 3. The molecule has 6 nitrogen and oxygen atoms in total. The third kappa shape index (κ3) is 5.79. The van der Waals surface area contributed by atoms with E-state index in [1.54, 1.807) is 12.1 Å². The molecule has 0 saturated carbocycles. The lowest BCUT2D eigenvalue weighted by Gasteiger charge is -2.14. The Labute approximate surface area is 176 Å². The van der Waals surface area contributed by atoms with Gasteiger partial charge in [-0.15, -0.1) is 0 Å². The van der Waals surface area contributed by atoms with Crippen LogP contribution in [0.2, 0.25) is 15.1 Å². The van der Waals surface area contributed by atoms with Gasteiger partial charge in [-0.3, -0.25) is 4.79 Å². The van der Waals surface area contributed by atoms with Gasteiger partial charge in [-0.25, -0.2) is 4.79 Å². The highest BCUT2D eigenvalue weighted by Crippen LogP contribution is 2.32. The van der Waals surface area contributed by atoms with Gasteiger partial charge in [0.2, 0.25) is 0 Å². The number of methoxy groups -OCH3 is 1. The first-order valence-corrected chi connectivity index (χ1v) is 9.05. The third-order valence-corrected chi connectivity index (χ3v) is 4.58. The molecule has 0 heterocycles. The molecule has 2 N–H and O–H groups in total. The highest BCUT2D eigenvalue weighted by Gasteiger charge is 2.18. The van der Waals surface area contributed by atoms with Crippen molar-refractivity contribution in [2.45, 2.75) is 13.0 Å². The van der Waals surface area contributed by atoms with E-state index in [1.807, 2.05) is 0 Å². The second-order valence-corrected chi connectivity index (χ2v) is 6.80. The summed E-state index contributed by atoms with van der Waals surface area (Å²) in [6, 6.07) is 7.36. The second-order valence-electron chi connectivity index (χ2n) is 5.58. The number of carbonyl (C=O) groups excluding carboxylic acids is 2. The summed E-state index contributed by atoms with van der Waals surface area (Å²) in [5.41, 5.74) is 0.849. The first-order chi connectivity index (χ1) is 13.2. The van der Waals surface area contributed by atoms with Crippen LogP contribution in [-0.4, -0.2) is 30.2 Å². The maximum absolute atomic E-state index is 12.2. The fourth-order valence-electron chi connectivity index (χ4n) is 2.08. The Morgan fingerprint density at radius 1 is 1.11 bits per heavy atom. The molecule has 28 heavy (non-hydrogen) atoms. The van der Waals surface area contributed by atoms with Gasteiger partial charge in [-0.2, -0.15) is 0 Å². The van der Waals surface area contributed by atoms with Gasteiger partial charge in [0.15, 0.2) is 17.6 Å². The number of phenols is 1. The van der Waals surface area contributed by atoms with Crippen LogP contribution in [0.4, 0.5) is 5.69 Å². The maximum atomic E-state index is 12.2. The van der Waals surface area contributed by atoms with Crippen molar-refractivity contribution in [2.75, 3.05) is 12.4 Å². The van der Waals surface area contributed by atoms with Crippen molar-refractivity contribution in [1.82, 2.24) is 0 Å². The lowest BCUT2D eigenvalue weighted by Crippen LogP contribution is -2.29. The monoisotopic (exact) mass is 443 g/mol. The van der Waals surface area contributed by atoms with Crippen LogP contribution in [0, 0.1) is 0 Å². The summed E-state index contributed by atoms with van der Waals surface area (Å²) < 4.78 is 10.0. The van der Waals surface area contributed by atoms with Gasteiger partial charge >= 0.3 is 5.97 Å². The van der Waals surface area contributed by atoms with Gasteiger partial charge in [0.05, 0.1) is 27.9 Å². The Bertz CT molecular complexity index is 930. The average Bonchev–Trinajstić information content (AvgIpc) is 2.65. The summed E-state index contributed by atoms with van der Waals surface area (Å²) in [5, 5.41) is 12.7. The fourth-order valence-corrected chi connectivity index (χ4v) is 2.68. The summed E-state index contributed by atoms with van der Waals surface area (Å²) in [4.78, 5) is 24.1. The lowest BCUT2D eigenvalue weighted by atomic mass is 10.2. The summed E-state index contributed by atoms with van der Waals surface area (Å²) in [5.74, 6) is -1.07. The van der Waals surface area contributed by atoms with Crippen molar-refractivity contribution < 1.29 is 24.2 Å². The SMILES string of the molecule is COc1cc(/C=C/C(=O)O[C@@H](C)C(=O)Nc2cc(Cl)c(Cl)cc2Cl)ccc1O. The van der Waals surface area contributed by atoms with E-state index in [1.165, 1.54) is 38.3 Å². The Hall–Kier alpha value is -2.41. The number of hydrogen-bond donors (Lipinski definition) is 2. The van der Waals surface area contributed by atoms with E-state index < -0.39 is 18.0 Å². The Balaban J connectivity index is 1.98. The van der Waals surface area contributed by atoms with Crippen molar-refractivity contribution in [2.24, 2.45) is 0 Å². The van der Waals surface area contributed by atoms with E-state index in [9.17, 15) is 14.7 Å². The van der Waals surface area contributed by atoms with Gasteiger partial charge in [-0.05, 0) is 42.8 Å². The minimum absolute atomic E-state index is 0.0199. The molecule has 1 atom stereocenters. The van der Waals surface area contributed by atoms with Crippen LogP contribution in [0.3, 0.4) is 0 Å². The molecule has 0 fully saturated rings. The Morgan fingerprint density at radius 3 is 2.46 bits per heavy atom. The molecule has 0 aromatic heterocycles. The molecule has 0 spiro atoms. The van der Waals surface area contributed by atoms with Gasteiger partial charge in [0, 0.05) is 6.08 Å². The smallest absolute Gasteiger partial charge is 0.331 e. The number of anilines is 1. The topological polar surface area (TPSA) is 84.9 Å². The van der Waals surface area contributed by atoms with Gasteiger partial charge < -0.3 is 19.9 Å². The third-order valence-electron chi connectivity index (χ3n) is 3.55. The molecule has 0 saturated heterocycles.